The first kappa shape index (κ1) is 24.5. The minimum atomic E-state index is -0.963. The number of likely N-dealkylation sites (N-methyl/N-ethyl adjacent to an activating group) is 1. The number of benzene rings is 3. The third-order valence-electron chi connectivity index (χ3n) is 7.13. The quantitative estimate of drug-likeness (QED) is 0.299. The Hall–Kier alpha value is -4.86. The van der Waals surface area contributed by atoms with Crippen molar-refractivity contribution < 1.29 is 38.4 Å². The zero-order chi connectivity index (χ0) is 27.3. The van der Waals surface area contributed by atoms with E-state index in [9.17, 15) is 14.7 Å². The lowest BCUT2D eigenvalue weighted by molar-refractivity contribution is -0.132. The Kier molecular flexibility index (Phi) is 5.94. The molecule has 3 heterocycles. The molecule has 3 aliphatic rings. The first-order valence-corrected chi connectivity index (χ1v) is 12.3. The summed E-state index contributed by atoms with van der Waals surface area (Å²) in [5.74, 6) is 0.686. The summed E-state index contributed by atoms with van der Waals surface area (Å²) in [6.45, 7) is 1.29. The summed E-state index contributed by atoms with van der Waals surface area (Å²) in [4.78, 5) is 30.5. The molecule has 0 aliphatic carbocycles. The van der Waals surface area contributed by atoms with Crippen LogP contribution in [0.3, 0.4) is 0 Å². The fraction of sp³-hybridized carbons (Fsp3) is 0.241. The van der Waals surface area contributed by atoms with Crippen LogP contribution in [-0.2, 0) is 9.59 Å². The van der Waals surface area contributed by atoms with Gasteiger partial charge >= 0.3 is 0 Å². The Morgan fingerprint density at radius 1 is 0.897 bits per heavy atom. The average Bonchev–Trinajstić information content (AvgIpc) is 3.54. The van der Waals surface area contributed by atoms with Crippen molar-refractivity contribution in [3.63, 3.8) is 0 Å². The number of aliphatic hydroxyl groups excluding tert-OH is 1. The first-order valence-electron chi connectivity index (χ1n) is 12.3. The molecule has 10 nitrogen and oxygen atoms in total. The zero-order valence-corrected chi connectivity index (χ0v) is 21.6. The van der Waals surface area contributed by atoms with E-state index in [4.69, 9.17) is 23.7 Å². The highest BCUT2D eigenvalue weighted by Crippen LogP contribution is 2.46. The van der Waals surface area contributed by atoms with E-state index in [2.05, 4.69) is 0 Å². The molecule has 3 aromatic carbocycles. The lowest BCUT2D eigenvalue weighted by Gasteiger charge is -2.28. The van der Waals surface area contributed by atoms with Gasteiger partial charge in [0.05, 0.1) is 38.1 Å². The average molecular weight is 531 g/mol. The summed E-state index contributed by atoms with van der Waals surface area (Å²) < 4.78 is 27.5. The number of aliphatic hydroxyl groups is 1. The van der Waals surface area contributed by atoms with Crippen LogP contribution in [0.1, 0.15) is 17.2 Å². The summed E-state index contributed by atoms with van der Waals surface area (Å²) in [7, 11) is 4.95. The van der Waals surface area contributed by atoms with E-state index in [1.807, 2.05) is 11.9 Å². The smallest absolute Gasteiger partial charge is 0.300 e. The molecule has 6 rings (SSSR count). The van der Waals surface area contributed by atoms with Gasteiger partial charge in [0, 0.05) is 24.4 Å². The van der Waals surface area contributed by atoms with Crippen LogP contribution in [0.25, 0.3) is 5.76 Å². The molecule has 0 radical (unpaired) electrons. The normalized spacial score (nSPS) is 19.1. The first-order chi connectivity index (χ1) is 18.9. The molecule has 1 atom stereocenters. The molecule has 39 heavy (non-hydrogen) atoms. The number of carbonyl (C=O) groups is 2. The van der Waals surface area contributed by atoms with Crippen molar-refractivity contribution in [2.24, 2.45) is 0 Å². The topological polar surface area (TPSA) is 107 Å². The number of hydrogen-bond donors (Lipinski definition) is 1. The van der Waals surface area contributed by atoms with Crippen LogP contribution in [0.15, 0.2) is 60.2 Å². The summed E-state index contributed by atoms with van der Waals surface area (Å²) in [6.07, 6.45) is 0. The molecule has 10 heteroatoms. The van der Waals surface area contributed by atoms with Crippen LogP contribution in [0.4, 0.5) is 11.4 Å². The van der Waals surface area contributed by atoms with Gasteiger partial charge in [-0.3, -0.25) is 14.5 Å². The number of amides is 1. The van der Waals surface area contributed by atoms with E-state index < -0.39 is 17.7 Å². The fourth-order valence-electron chi connectivity index (χ4n) is 5.13. The molecule has 200 valence electrons. The van der Waals surface area contributed by atoms with Gasteiger partial charge in [0.15, 0.2) is 23.0 Å². The number of rotatable bonds is 5. The van der Waals surface area contributed by atoms with Crippen LogP contribution < -0.4 is 33.5 Å². The van der Waals surface area contributed by atoms with Crippen LogP contribution in [0.5, 0.6) is 28.7 Å². The van der Waals surface area contributed by atoms with Crippen LogP contribution in [-0.4, -0.2) is 58.0 Å². The molecule has 0 bridgehead atoms. The van der Waals surface area contributed by atoms with Gasteiger partial charge in [-0.1, -0.05) is 6.07 Å². The highest BCUT2D eigenvalue weighted by atomic mass is 16.7. The maximum Gasteiger partial charge on any atom is 0.300 e. The van der Waals surface area contributed by atoms with Gasteiger partial charge in [-0.15, -0.1) is 0 Å². The van der Waals surface area contributed by atoms with Crippen molar-refractivity contribution in [2.75, 3.05) is 51.0 Å². The van der Waals surface area contributed by atoms with Gasteiger partial charge in [-0.25, -0.2) is 0 Å². The van der Waals surface area contributed by atoms with Crippen LogP contribution in [0.2, 0.25) is 0 Å². The number of fused-ring (bicyclic) bond motifs is 2. The van der Waals surface area contributed by atoms with E-state index >= 15 is 0 Å². The highest BCUT2D eigenvalue weighted by Gasteiger charge is 2.47. The molecule has 1 N–H and O–H groups in total. The van der Waals surface area contributed by atoms with Gasteiger partial charge in [-0.2, -0.15) is 0 Å². The third-order valence-corrected chi connectivity index (χ3v) is 7.13. The Morgan fingerprint density at radius 2 is 1.67 bits per heavy atom. The number of hydrogen-bond acceptors (Lipinski definition) is 9. The summed E-state index contributed by atoms with van der Waals surface area (Å²) in [5, 5.41) is 11.6. The Bertz CT molecular complexity index is 1530. The highest BCUT2D eigenvalue weighted by molar-refractivity contribution is 6.51. The molecule has 1 saturated heterocycles. The van der Waals surface area contributed by atoms with E-state index in [1.165, 1.54) is 19.1 Å². The zero-order valence-electron chi connectivity index (χ0n) is 21.6. The standard InChI is InChI=1S/C29H26N2O8/c1-30-10-11-37-20-7-5-17(12-19(20)30)27(32)25-26(16-4-8-21(35-2)23(13-16)36-3)31(29(34)28(25)33)18-6-9-22-24(14-18)39-15-38-22/h4-9,12-14,26,32H,10-11,15H2,1-3H3/b27-25+. The number of carbonyl (C=O) groups excluding carboxylic acids is 2. The van der Waals surface area contributed by atoms with Crippen molar-refractivity contribution in [1.29, 1.82) is 0 Å². The summed E-state index contributed by atoms with van der Waals surface area (Å²) in [6, 6.07) is 14.3. The number of ether oxygens (including phenoxy) is 5. The second-order valence-corrected chi connectivity index (χ2v) is 9.27. The van der Waals surface area contributed by atoms with Gasteiger partial charge < -0.3 is 33.7 Å². The second-order valence-electron chi connectivity index (χ2n) is 9.27. The number of methoxy groups -OCH3 is 2. The lowest BCUT2D eigenvalue weighted by Crippen LogP contribution is -2.29. The summed E-state index contributed by atoms with van der Waals surface area (Å²) >= 11 is 0. The van der Waals surface area contributed by atoms with Crippen molar-refractivity contribution in [2.45, 2.75) is 6.04 Å². The van der Waals surface area contributed by atoms with Crippen molar-refractivity contribution in [1.82, 2.24) is 0 Å². The number of Topliss-reactive ketones (excluding diaryl/α,β-unsaturated/α-hetero) is 1. The van der Waals surface area contributed by atoms with Crippen molar-refractivity contribution in [3.05, 3.63) is 71.3 Å². The number of nitrogens with zero attached hydrogens (tertiary/aromatic N) is 2. The molecule has 1 fully saturated rings. The predicted molar refractivity (Wildman–Crippen MR) is 142 cm³/mol. The Labute approximate surface area is 224 Å². The molecule has 0 spiro atoms. The van der Waals surface area contributed by atoms with Crippen LogP contribution >= 0.6 is 0 Å². The molecule has 0 saturated carbocycles. The maximum atomic E-state index is 13.6. The molecule has 3 aliphatic heterocycles. The van der Waals surface area contributed by atoms with Crippen LogP contribution in [0, 0.1) is 0 Å². The predicted octanol–water partition coefficient (Wildman–Crippen LogP) is 3.89. The van der Waals surface area contributed by atoms with Gasteiger partial charge in [0.1, 0.15) is 18.1 Å². The number of anilines is 2. The van der Waals surface area contributed by atoms with E-state index in [1.54, 1.807) is 54.6 Å². The fourth-order valence-corrected chi connectivity index (χ4v) is 5.13. The van der Waals surface area contributed by atoms with Gasteiger partial charge in [0.2, 0.25) is 6.79 Å². The second kappa shape index (κ2) is 9.46. The lowest BCUT2D eigenvalue weighted by atomic mass is 9.94. The van der Waals surface area contributed by atoms with E-state index in [0.29, 0.717) is 58.7 Å². The molecular formula is C29H26N2O8. The minimum absolute atomic E-state index is 0.0517. The maximum absolute atomic E-state index is 13.6. The van der Waals surface area contributed by atoms with E-state index in [0.717, 1.165) is 5.69 Å². The third kappa shape index (κ3) is 3.96. The van der Waals surface area contributed by atoms with Gasteiger partial charge in [-0.05, 0) is 48.0 Å². The van der Waals surface area contributed by atoms with Crippen molar-refractivity contribution in [3.8, 4) is 28.7 Å². The molecular weight excluding hydrogens is 504 g/mol. The minimum Gasteiger partial charge on any atom is -0.507 e. The number of ketones is 1. The monoisotopic (exact) mass is 530 g/mol. The van der Waals surface area contributed by atoms with Crippen molar-refractivity contribution >= 4 is 28.8 Å². The molecule has 1 amide bonds. The molecule has 1 unspecified atom stereocenters. The van der Waals surface area contributed by atoms with E-state index in [-0.39, 0.29) is 18.1 Å². The van der Waals surface area contributed by atoms with Gasteiger partial charge in [0.25, 0.3) is 11.7 Å². The molecule has 0 aromatic heterocycles. The SMILES string of the molecule is COc1ccc(C2/C(=C(\O)c3ccc4c(c3)N(C)CCO4)C(=O)C(=O)N2c2ccc3c(c2)OCO3)cc1OC. The molecule has 3 aromatic rings. The largest absolute Gasteiger partial charge is 0.507 e. The Balaban J connectivity index is 1.54. The summed E-state index contributed by atoms with van der Waals surface area (Å²) in [5.41, 5.74) is 2.07. The Morgan fingerprint density at radius 3 is 2.46 bits per heavy atom.